The van der Waals surface area contributed by atoms with Crippen molar-refractivity contribution in [1.82, 2.24) is 0 Å². The van der Waals surface area contributed by atoms with Crippen LogP contribution in [0.1, 0.15) is 15.9 Å². The number of nitro groups is 1. The smallest absolute Gasteiger partial charge is 0.365 e. The van der Waals surface area contributed by atoms with Crippen LogP contribution in [-0.2, 0) is 4.84 Å². The van der Waals surface area contributed by atoms with E-state index in [0.717, 1.165) is 6.07 Å². The van der Waals surface area contributed by atoms with Crippen LogP contribution in [0.5, 0.6) is 5.75 Å². The van der Waals surface area contributed by atoms with Gasteiger partial charge in [0.2, 0.25) is 0 Å². The van der Waals surface area contributed by atoms with Gasteiger partial charge >= 0.3 is 5.97 Å². The van der Waals surface area contributed by atoms with Crippen LogP contribution in [0.25, 0.3) is 0 Å². The third-order valence-corrected chi connectivity index (χ3v) is 2.76. The van der Waals surface area contributed by atoms with Crippen LogP contribution in [0.4, 0.5) is 5.69 Å². The van der Waals surface area contributed by atoms with E-state index in [9.17, 15) is 14.9 Å². The molecule has 0 atom stereocenters. The Morgan fingerprint density at radius 2 is 2.00 bits per heavy atom. The van der Waals surface area contributed by atoms with Crippen molar-refractivity contribution in [2.24, 2.45) is 5.16 Å². The first-order valence-corrected chi connectivity index (χ1v) is 6.24. The third kappa shape index (κ3) is 3.66. The molecule has 22 heavy (non-hydrogen) atoms. The van der Waals surface area contributed by atoms with Crippen LogP contribution in [0.2, 0.25) is 0 Å². The van der Waals surface area contributed by atoms with Crippen LogP contribution < -0.4 is 4.74 Å². The summed E-state index contributed by atoms with van der Waals surface area (Å²) >= 11 is 0. The highest BCUT2D eigenvalue weighted by Gasteiger charge is 2.12. The van der Waals surface area contributed by atoms with Gasteiger partial charge in [0.1, 0.15) is 5.75 Å². The Balaban J connectivity index is 2.08. The topological polar surface area (TPSA) is 91.0 Å². The molecule has 0 heterocycles. The number of hydrogen-bond acceptors (Lipinski definition) is 6. The lowest BCUT2D eigenvalue weighted by Crippen LogP contribution is -2.02. The molecule has 0 amide bonds. The SMILES string of the molecule is COc1ccccc1C=NOC(=O)c1cccc([N+](=O)[O-])c1. The molecular weight excluding hydrogens is 288 g/mol. The minimum absolute atomic E-state index is 0.0476. The van der Waals surface area contributed by atoms with Gasteiger partial charge < -0.3 is 9.57 Å². The van der Waals surface area contributed by atoms with E-state index in [1.165, 1.54) is 31.5 Å². The van der Waals surface area contributed by atoms with E-state index in [2.05, 4.69) is 5.16 Å². The van der Waals surface area contributed by atoms with Crippen LogP contribution in [-0.4, -0.2) is 24.2 Å². The van der Waals surface area contributed by atoms with Crippen molar-refractivity contribution in [2.45, 2.75) is 0 Å². The number of carbonyl (C=O) groups is 1. The molecule has 0 aromatic heterocycles. The maximum atomic E-state index is 11.8. The summed E-state index contributed by atoms with van der Waals surface area (Å²) in [5, 5.41) is 14.2. The summed E-state index contributed by atoms with van der Waals surface area (Å²) in [5.74, 6) is -0.201. The molecule has 7 nitrogen and oxygen atoms in total. The molecule has 0 radical (unpaired) electrons. The van der Waals surface area contributed by atoms with Crippen LogP contribution in [0.15, 0.2) is 53.7 Å². The number of oxime groups is 1. The van der Waals surface area contributed by atoms with Gasteiger partial charge in [0, 0.05) is 17.7 Å². The number of rotatable bonds is 5. The Kier molecular flexibility index (Phi) is 4.81. The molecular formula is C15H12N2O5. The standard InChI is InChI=1S/C15H12N2O5/c1-21-14-8-3-2-5-12(14)10-16-22-15(18)11-6-4-7-13(9-11)17(19)20/h2-10H,1H3. The third-order valence-electron chi connectivity index (χ3n) is 2.76. The number of carbonyl (C=O) groups excluding carboxylic acids is 1. The molecule has 2 aromatic carbocycles. The van der Waals surface area contributed by atoms with Gasteiger partial charge in [0.25, 0.3) is 5.69 Å². The molecule has 0 fully saturated rings. The molecule has 0 aliphatic rings. The van der Waals surface area contributed by atoms with Crippen molar-refractivity contribution in [1.29, 1.82) is 0 Å². The molecule has 112 valence electrons. The largest absolute Gasteiger partial charge is 0.496 e. The average molecular weight is 300 g/mol. The fourth-order valence-corrected chi connectivity index (χ4v) is 1.70. The van der Waals surface area contributed by atoms with E-state index in [1.807, 2.05) is 0 Å². The van der Waals surface area contributed by atoms with Gasteiger partial charge in [-0.15, -0.1) is 0 Å². The van der Waals surface area contributed by atoms with Gasteiger partial charge in [-0.25, -0.2) is 4.79 Å². The van der Waals surface area contributed by atoms with E-state index >= 15 is 0 Å². The highest BCUT2D eigenvalue weighted by molar-refractivity contribution is 5.91. The Morgan fingerprint density at radius 3 is 2.73 bits per heavy atom. The van der Waals surface area contributed by atoms with Crippen molar-refractivity contribution in [3.05, 3.63) is 69.8 Å². The first kappa shape index (κ1) is 15.2. The molecule has 0 bridgehead atoms. The van der Waals surface area contributed by atoms with Crippen LogP contribution >= 0.6 is 0 Å². The summed E-state index contributed by atoms with van der Waals surface area (Å²) in [7, 11) is 1.52. The first-order chi connectivity index (χ1) is 10.6. The lowest BCUT2D eigenvalue weighted by Gasteiger charge is -2.02. The lowest BCUT2D eigenvalue weighted by atomic mass is 10.2. The Bertz CT molecular complexity index is 727. The minimum Gasteiger partial charge on any atom is -0.496 e. The van der Waals surface area contributed by atoms with E-state index in [-0.39, 0.29) is 11.3 Å². The molecule has 2 rings (SSSR count). The predicted molar refractivity (Wildman–Crippen MR) is 79.1 cm³/mol. The fraction of sp³-hybridized carbons (Fsp3) is 0.0667. The van der Waals surface area contributed by atoms with Crippen molar-refractivity contribution in [2.75, 3.05) is 7.11 Å². The Hall–Kier alpha value is -3.22. The second-order valence-electron chi connectivity index (χ2n) is 4.16. The van der Waals surface area contributed by atoms with E-state index in [4.69, 9.17) is 9.57 Å². The number of nitro benzene ring substituents is 1. The highest BCUT2D eigenvalue weighted by Crippen LogP contribution is 2.16. The summed E-state index contributed by atoms with van der Waals surface area (Å²) in [6.45, 7) is 0. The Labute approximate surface area is 125 Å². The zero-order valence-electron chi connectivity index (χ0n) is 11.6. The van der Waals surface area contributed by atoms with Gasteiger partial charge in [-0.3, -0.25) is 10.1 Å². The minimum atomic E-state index is -0.783. The summed E-state index contributed by atoms with van der Waals surface area (Å²) in [6, 6.07) is 12.3. The molecule has 0 N–H and O–H groups in total. The highest BCUT2D eigenvalue weighted by atomic mass is 16.7. The fourth-order valence-electron chi connectivity index (χ4n) is 1.70. The van der Waals surface area contributed by atoms with Crippen molar-refractivity contribution in [3.8, 4) is 5.75 Å². The number of nitrogens with zero attached hydrogens (tertiary/aromatic N) is 2. The molecule has 0 saturated carbocycles. The zero-order valence-corrected chi connectivity index (χ0v) is 11.6. The lowest BCUT2D eigenvalue weighted by molar-refractivity contribution is -0.384. The van der Waals surface area contributed by atoms with Gasteiger partial charge in [-0.2, -0.15) is 0 Å². The number of para-hydroxylation sites is 1. The number of hydrogen-bond donors (Lipinski definition) is 0. The second kappa shape index (κ2) is 6.98. The quantitative estimate of drug-likeness (QED) is 0.366. The Morgan fingerprint density at radius 1 is 1.23 bits per heavy atom. The average Bonchev–Trinajstić information content (AvgIpc) is 2.55. The van der Waals surface area contributed by atoms with Crippen molar-refractivity contribution >= 4 is 17.9 Å². The molecule has 0 saturated heterocycles. The van der Waals surface area contributed by atoms with Gasteiger partial charge in [0.05, 0.1) is 23.8 Å². The van der Waals surface area contributed by atoms with Crippen molar-refractivity contribution < 1.29 is 19.3 Å². The summed E-state index contributed by atoms with van der Waals surface area (Å²) < 4.78 is 5.12. The van der Waals surface area contributed by atoms with Gasteiger partial charge in [-0.05, 0) is 18.2 Å². The normalized spacial score (nSPS) is 10.4. The van der Waals surface area contributed by atoms with Crippen molar-refractivity contribution in [3.63, 3.8) is 0 Å². The summed E-state index contributed by atoms with van der Waals surface area (Å²) in [5.41, 5.74) is 0.492. The van der Waals surface area contributed by atoms with Gasteiger partial charge in [0.15, 0.2) is 0 Å². The summed E-state index contributed by atoms with van der Waals surface area (Å²) in [6.07, 6.45) is 1.33. The predicted octanol–water partition coefficient (Wildman–Crippen LogP) is 2.79. The van der Waals surface area contributed by atoms with Crippen LogP contribution in [0, 0.1) is 10.1 Å². The summed E-state index contributed by atoms with van der Waals surface area (Å²) in [4.78, 5) is 26.6. The van der Waals surface area contributed by atoms with E-state index in [1.54, 1.807) is 24.3 Å². The number of ether oxygens (including phenoxy) is 1. The monoisotopic (exact) mass is 300 g/mol. The first-order valence-electron chi connectivity index (χ1n) is 6.24. The van der Waals surface area contributed by atoms with E-state index in [0.29, 0.717) is 11.3 Å². The second-order valence-corrected chi connectivity index (χ2v) is 4.16. The molecule has 0 aliphatic heterocycles. The van der Waals surface area contributed by atoms with Crippen LogP contribution in [0.3, 0.4) is 0 Å². The molecule has 0 aliphatic carbocycles. The zero-order chi connectivity index (χ0) is 15.9. The number of methoxy groups -OCH3 is 1. The molecule has 0 spiro atoms. The molecule has 2 aromatic rings. The number of benzene rings is 2. The maximum absolute atomic E-state index is 11.8. The number of non-ortho nitro benzene ring substituents is 1. The molecule has 7 heteroatoms. The molecule has 0 unspecified atom stereocenters. The van der Waals surface area contributed by atoms with Gasteiger partial charge in [-0.1, -0.05) is 23.4 Å². The maximum Gasteiger partial charge on any atom is 0.365 e. The van der Waals surface area contributed by atoms with E-state index < -0.39 is 10.9 Å².